The van der Waals surface area contributed by atoms with Gasteiger partial charge in [0.2, 0.25) is 0 Å². The Bertz CT molecular complexity index is 435. The van der Waals surface area contributed by atoms with Crippen LogP contribution in [0.5, 0.6) is 11.5 Å². The lowest BCUT2D eigenvalue weighted by atomic mass is 9.78. The Morgan fingerprint density at radius 2 is 1.95 bits per heavy atom. The topological polar surface area (TPSA) is 44.5 Å². The second-order valence-electron chi connectivity index (χ2n) is 6.14. The molecule has 2 rings (SSSR count). The van der Waals surface area contributed by atoms with Gasteiger partial charge in [0.15, 0.2) is 11.5 Å². The second-order valence-corrected chi connectivity index (χ2v) is 6.14. The zero-order valence-corrected chi connectivity index (χ0v) is 13.1. The predicted molar refractivity (Wildman–Crippen MR) is 82.3 cm³/mol. The van der Waals surface area contributed by atoms with Crippen molar-refractivity contribution in [1.29, 1.82) is 0 Å². The zero-order valence-electron chi connectivity index (χ0n) is 13.1. The number of hydrogen-bond acceptors (Lipinski definition) is 3. The Morgan fingerprint density at radius 3 is 2.55 bits per heavy atom. The Balaban J connectivity index is 2.16. The van der Waals surface area contributed by atoms with Crippen LogP contribution in [0.3, 0.4) is 0 Å². The molecule has 0 saturated heterocycles. The van der Waals surface area contributed by atoms with E-state index in [-0.39, 0.29) is 12.1 Å². The Morgan fingerprint density at radius 1 is 1.20 bits per heavy atom. The van der Waals surface area contributed by atoms with Crippen molar-refractivity contribution in [2.45, 2.75) is 52.2 Å². The van der Waals surface area contributed by atoms with Crippen LogP contribution in [-0.2, 0) is 6.42 Å². The van der Waals surface area contributed by atoms with Crippen LogP contribution >= 0.6 is 0 Å². The number of aryl methyl sites for hydroxylation is 1. The molecule has 1 saturated carbocycles. The molecule has 1 aliphatic rings. The van der Waals surface area contributed by atoms with E-state index < -0.39 is 0 Å². The summed E-state index contributed by atoms with van der Waals surface area (Å²) in [5.41, 5.74) is 7.54. The van der Waals surface area contributed by atoms with Crippen LogP contribution in [0.2, 0.25) is 0 Å². The molecule has 1 aliphatic carbocycles. The lowest BCUT2D eigenvalue weighted by Gasteiger charge is -2.37. The molecular weight excluding hydrogens is 250 g/mol. The molecule has 0 aliphatic heterocycles. The first-order valence-electron chi connectivity index (χ1n) is 7.64. The molecule has 0 radical (unpaired) electrons. The summed E-state index contributed by atoms with van der Waals surface area (Å²) in [6.07, 6.45) is 3.28. The van der Waals surface area contributed by atoms with Crippen LogP contribution in [0.4, 0.5) is 0 Å². The smallest absolute Gasteiger partial charge is 0.161 e. The van der Waals surface area contributed by atoms with Crippen LogP contribution in [0, 0.1) is 11.8 Å². The van der Waals surface area contributed by atoms with E-state index >= 15 is 0 Å². The molecule has 3 nitrogen and oxygen atoms in total. The minimum atomic E-state index is 0.0765. The molecule has 4 unspecified atom stereocenters. The van der Waals surface area contributed by atoms with Gasteiger partial charge in [-0.05, 0) is 48.8 Å². The summed E-state index contributed by atoms with van der Waals surface area (Å²) in [7, 11) is 1.69. The van der Waals surface area contributed by atoms with E-state index in [9.17, 15) is 0 Å². The number of nitrogens with two attached hydrogens (primary N) is 1. The normalized spacial score (nSPS) is 30.1. The van der Waals surface area contributed by atoms with E-state index in [1.54, 1.807) is 7.11 Å². The fourth-order valence-corrected chi connectivity index (χ4v) is 3.27. The third-order valence-electron chi connectivity index (χ3n) is 4.33. The van der Waals surface area contributed by atoms with Gasteiger partial charge in [0.05, 0.1) is 7.11 Å². The first-order chi connectivity index (χ1) is 9.55. The summed E-state index contributed by atoms with van der Waals surface area (Å²) in [5, 5.41) is 0. The SMILES string of the molecule is CCc1ccc(OC2C(C)CC(C)CC2N)c(OC)c1. The molecule has 20 heavy (non-hydrogen) atoms. The van der Waals surface area contributed by atoms with E-state index in [1.165, 1.54) is 12.0 Å². The first kappa shape index (κ1) is 15.2. The van der Waals surface area contributed by atoms with Crippen molar-refractivity contribution >= 4 is 0 Å². The molecule has 1 aromatic carbocycles. The van der Waals surface area contributed by atoms with Crippen molar-refractivity contribution in [1.82, 2.24) is 0 Å². The third kappa shape index (κ3) is 3.26. The Hall–Kier alpha value is -1.22. The highest BCUT2D eigenvalue weighted by molar-refractivity contribution is 5.43. The van der Waals surface area contributed by atoms with E-state index in [4.69, 9.17) is 15.2 Å². The highest BCUT2D eigenvalue weighted by Crippen LogP contribution is 2.35. The van der Waals surface area contributed by atoms with Gasteiger partial charge < -0.3 is 15.2 Å². The summed E-state index contributed by atoms with van der Waals surface area (Å²) < 4.78 is 11.7. The molecule has 0 aromatic heterocycles. The van der Waals surface area contributed by atoms with Crippen molar-refractivity contribution in [2.24, 2.45) is 17.6 Å². The van der Waals surface area contributed by atoms with Crippen molar-refractivity contribution in [2.75, 3.05) is 7.11 Å². The number of methoxy groups -OCH3 is 1. The standard InChI is InChI=1S/C17H27NO2/c1-5-13-6-7-15(16(10-13)19-4)20-17-12(3)8-11(2)9-14(17)18/h6-7,10-12,14,17H,5,8-9,18H2,1-4H3. The average molecular weight is 277 g/mol. The van der Waals surface area contributed by atoms with Gasteiger partial charge in [-0.3, -0.25) is 0 Å². The van der Waals surface area contributed by atoms with E-state index in [0.717, 1.165) is 24.3 Å². The van der Waals surface area contributed by atoms with Gasteiger partial charge in [-0.1, -0.05) is 26.8 Å². The molecule has 0 bridgehead atoms. The number of hydrogen-bond donors (Lipinski definition) is 1. The summed E-state index contributed by atoms with van der Waals surface area (Å²) >= 11 is 0. The van der Waals surface area contributed by atoms with Gasteiger partial charge >= 0.3 is 0 Å². The van der Waals surface area contributed by atoms with Crippen LogP contribution in [0.25, 0.3) is 0 Å². The van der Waals surface area contributed by atoms with Gasteiger partial charge in [-0.15, -0.1) is 0 Å². The molecule has 2 N–H and O–H groups in total. The fourth-order valence-electron chi connectivity index (χ4n) is 3.27. The summed E-state index contributed by atoms with van der Waals surface area (Å²) in [5.74, 6) is 2.78. The first-order valence-corrected chi connectivity index (χ1v) is 7.64. The van der Waals surface area contributed by atoms with Crippen molar-refractivity contribution in [3.63, 3.8) is 0 Å². The molecule has 0 spiro atoms. The number of rotatable bonds is 4. The summed E-state index contributed by atoms with van der Waals surface area (Å²) in [6.45, 7) is 6.63. The highest BCUT2D eigenvalue weighted by Gasteiger charge is 2.33. The lowest BCUT2D eigenvalue weighted by Crippen LogP contribution is -2.48. The molecular formula is C17H27NO2. The van der Waals surface area contributed by atoms with Crippen LogP contribution < -0.4 is 15.2 Å². The summed E-state index contributed by atoms with van der Waals surface area (Å²) in [6, 6.07) is 6.26. The maximum absolute atomic E-state index is 6.29. The molecule has 1 fully saturated rings. The van der Waals surface area contributed by atoms with Gasteiger partial charge in [0.1, 0.15) is 6.10 Å². The number of benzene rings is 1. The van der Waals surface area contributed by atoms with E-state index in [0.29, 0.717) is 11.8 Å². The molecule has 0 amide bonds. The largest absolute Gasteiger partial charge is 0.493 e. The Labute approximate surface area is 122 Å². The number of ether oxygens (including phenoxy) is 2. The fraction of sp³-hybridized carbons (Fsp3) is 0.647. The highest BCUT2D eigenvalue weighted by atomic mass is 16.5. The zero-order chi connectivity index (χ0) is 14.7. The molecule has 112 valence electrons. The van der Waals surface area contributed by atoms with E-state index in [1.807, 2.05) is 6.07 Å². The van der Waals surface area contributed by atoms with Crippen LogP contribution in [0.15, 0.2) is 18.2 Å². The maximum Gasteiger partial charge on any atom is 0.161 e. The van der Waals surface area contributed by atoms with Crippen molar-refractivity contribution in [3.05, 3.63) is 23.8 Å². The van der Waals surface area contributed by atoms with Gasteiger partial charge in [0, 0.05) is 6.04 Å². The monoisotopic (exact) mass is 277 g/mol. The molecule has 3 heteroatoms. The van der Waals surface area contributed by atoms with Crippen LogP contribution in [-0.4, -0.2) is 19.3 Å². The predicted octanol–water partition coefficient (Wildman–Crippen LogP) is 3.40. The maximum atomic E-state index is 6.29. The summed E-state index contributed by atoms with van der Waals surface area (Å²) in [4.78, 5) is 0. The third-order valence-corrected chi connectivity index (χ3v) is 4.33. The Kier molecular flexibility index (Phi) is 4.92. The van der Waals surface area contributed by atoms with Crippen molar-refractivity contribution in [3.8, 4) is 11.5 Å². The van der Waals surface area contributed by atoms with Gasteiger partial charge in [0.25, 0.3) is 0 Å². The minimum Gasteiger partial charge on any atom is -0.493 e. The average Bonchev–Trinajstić information content (AvgIpc) is 2.42. The quantitative estimate of drug-likeness (QED) is 0.917. The minimum absolute atomic E-state index is 0.0765. The second kappa shape index (κ2) is 6.49. The van der Waals surface area contributed by atoms with Gasteiger partial charge in [-0.25, -0.2) is 0 Å². The molecule has 1 aromatic rings. The van der Waals surface area contributed by atoms with Gasteiger partial charge in [-0.2, -0.15) is 0 Å². The molecule has 0 heterocycles. The van der Waals surface area contributed by atoms with Crippen molar-refractivity contribution < 1.29 is 9.47 Å². The lowest BCUT2D eigenvalue weighted by molar-refractivity contribution is 0.0603. The van der Waals surface area contributed by atoms with Crippen LogP contribution in [0.1, 0.15) is 39.2 Å². The molecule has 4 atom stereocenters. The van der Waals surface area contributed by atoms with E-state index in [2.05, 4.69) is 32.9 Å².